The highest BCUT2D eigenvalue weighted by Crippen LogP contribution is 2.12. The Bertz CT molecular complexity index is 44.9. The maximum atomic E-state index is 9.88. The first-order chi connectivity index (χ1) is 2.27. The van der Waals surface area contributed by atoms with E-state index in [0.717, 1.165) is 0 Å². The van der Waals surface area contributed by atoms with Gasteiger partial charge in [0.2, 0.25) is 0 Å². The van der Waals surface area contributed by atoms with E-state index in [-0.39, 0.29) is 0 Å². The minimum atomic E-state index is -0.984. The zero-order valence-corrected chi connectivity index (χ0v) is 4.80. The van der Waals surface area contributed by atoms with Crippen LogP contribution < -0.4 is 0 Å². The monoisotopic (exact) mass is 109 g/mol. The quantitative estimate of drug-likeness (QED) is 0.397. The molecular formula is C2H6OPS+. The van der Waals surface area contributed by atoms with Gasteiger partial charge in [0.25, 0.3) is 0 Å². The van der Waals surface area contributed by atoms with Crippen molar-refractivity contribution in [1.82, 2.24) is 0 Å². The van der Waals surface area contributed by atoms with Gasteiger partial charge in [-0.15, -0.1) is 12.6 Å². The van der Waals surface area contributed by atoms with E-state index in [0.29, 0.717) is 5.49 Å². The summed E-state index contributed by atoms with van der Waals surface area (Å²) in [5.41, 5.74) is 0.509. The lowest BCUT2D eigenvalue weighted by Gasteiger charge is -1.55. The maximum absolute atomic E-state index is 9.88. The van der Waals surface area contributed by atoms with Crippen LogP contribution in [-0.2, 0) is 4.57 Å². The molecule has 0 aliphatic rings. The summed E-state index contributed by atoms with van der Waals surface area (Å²) in [7, 11) is -0.984. The van der Waals surface area contributed by atoms with E-state index >= 15 is 0 Å². The lowest BCUT2D eigenvalue weighted by atomic mass is 11.9. The molecule has 1 nitrogen and oxygen atoms in total. The Labute approximate surface area is 38.0 Å². The van der Waals surface area contributed by atoms with Crippen molar-refractivity contribution in [2.45, 2.75) is 0 Å². The Morgan fingerprint density at radius 1 is 2.00 bits per heavy atom. The number of hydrogen-bond donors (Lipinski definition) is 1. The molecule has 1 atom stereocenters. The van der Waals surface area contributed by atoms with E-state index in [1.165, 1.54) is 0 Å². The molecule has 0 rings (SSSR count). The van der Waals surface area contributed by atoms with Gasteiger partial charge in [0.05, 0.1) is 0 Å². The Morgan fingerprint density at radius 2 is 2.20 bits per heavy atom. The van der Waals surface area contributed by atoms with E-state index in [2.05, 4.69) is 12.6 Å². The summed E-state index contributed by atoms with van der Waals surface area (Å²) in [4.78, 5) is 0. The second-order valence-electron chi connectivity index (χ2n) is 0.769. The van der Waals surface area contributed by atoms with Gasteiger partial charge >= 0.3 is 7.80 Å². The Balaban J connectivity index is 2.85. The van der Waals surface area contributed by atoms with Gasteiger partial charge in [-0.05, 0) is 0 Å². The predicted molar refractivity (Wildman–Crippen MR) is 27.4 cm³/mol. The van der Waals surface area contributed by atoms with Gasteiger partial charge in [0.15, 0.2) is 5.49 Å². The molecule has 0 saturated heterocycles. The molecule has 0 spiro atoms. The summed E-state index contributed by atoms with van der Waals surface area (Å²) in [6, 6.07) is 0. The van der Waals surface area contributed by atoms with E-state index in [1.807, 2.05) is 0 Å². The molecule has 3 heteroatoms. The van der Waals surface area contributed by atoms with Crippen molar-refractivity contribution in [3.05, 3.63) is 0 Å². The highest BCUT2D eigenvalue weighted by molar-refractivity contribution is 7.87. The molecule has 5 heavy (non-hydrogen) atoms. The average Bonchev–Trinajstić information content (AvgIpc) is 1.38. The summed E-state index contributed by atoms with van der Waals surface area (Å²) in [6.07, 6.45) is 0. The molecule has 0 fully saturated rings. The van der Waals surface area contributed by atoms with Crippen molar-refractivity contribution in [3.8, 4) is 0 Å². The second-order valence-corrected chi connectivity index (χ2v) is 3.16. The van der Waals surface area contributed by atoms with E-state index < -0.39 is 7.80 Å². The summed E-state index contributed by atoms with van der Waals surface area (Å²) in [6.45, 7) is 1.66. The van der Waals surface area contributed by atoms with Crippen LogP contribution in [0.2, 0.25) is 0 Å². The second kappa shape index (κ2) is 2.67. The van der Waals surface area contributed by atoms with Gasteiger partial charge in [0.1, 0.15) is 6.66 Å². The van der Waals surface area contributed by atoms with Crippen molar-refractivity contribution in [2.75, 3.05) is 12.2 Å². The lowest BCUT2D eigenvalue weighted by Crippen LogP contribution is -1.49. The molecule has 0 aromatic carbocycles. The summed E-state index contributed by atoms with van der Waals surface area (Å²) < 4.78 is 9.88. The fourth-order valence-electron chi connectivity index (χ4n) is 0. The van der Waals surface area contributed by atoms with E-state index in [1.54, 1.807) is 6.66 Å². The van der Waals surface area contributed by atoms with Crippen LogP contribution in [0.3, 0.4) is 0 Å². The van der Waals surface area contributed by atoms with Crippen molar-refractivity contribution < 1.29 is 4.57 Å². The van der Waals surface area contributed by atoms with Crippen LogP contribution in [0.25, 0.3) is 0 Å². The zero-order chi connectivity index (χ0) is 4.28. The van der Waals surface area contributed by atoms with Gasteiger partial charge in [-0.2, -0.15) is 0 Å². The molecule has 0 heterocycles. The van der Waals surface area contributed by atoms with Crippen LogP contribution >= 0.6 is 20.4 Å². The smallest absolute Gasteiger partial charge is 0.128 e. The minimum absolute atomic E-state index is 0.509. The first kappa shape index (κ1) is 5.45. The molecule has 30 valence electrons. The van der Waals surface area contributed by atoms with Gasteiger partial charge in [-0.25, -0.2) is 0 Å². The molecule has 0 aromatic rings. The summed E-state index contributed by atoms with van der Waals surface area (Å²) in [5, 5.41) is 0. The average molecular weight is 109 g/mol. The molecule has 0 aromatic heterocycles. The van der Waals surface area contributed by atoms with Crippen molar-refractivity contribution >= 4 is 20.4 Å². The molecule has 0 amide bonds. The molecule has 0 bridgehead atoms. The summed E-state index contributed by atoms with van der Waals surface area (Å²) >= 11 is 3.73. The Morgan fingerprint density at radius 3 is 2.20 bits per heavy atom. The third-order valence-corrected chi connectivity index (χ3v) is 1.79. The first-order valence-corrected chi connectivity index (χ1v) is 3.79. The molecular weight excluding hydrogens is 103 g/mol. The van der Waals surface area contributed by atoms with Crippen molar-refractivity contribution in [1.29, 1.82) is 0 Å². The standard InChI is InChI=1S/C2H5OPS/c1-4(3)2-5/h2H2,1H3/p+1. The minimum Gasteiger partial charge on any atom is -0.128 e. The van der Waals surface area contributed by atoms with Crippen LogP contribution in [0.1, 0.15) is 0 Å². The highest BCUT2D eigenvalue weighted by atomic mass is 32.1. The Kier molecular flexibility index (Phi) is 2.92. The zero-order valence-electron chi connectivity index (χ0n) is 3.01. The van der Waals surface area contributed by atoms with Crippen LogP contribution in [0, 0.1) is 0 Å². The molecule has 0 saturated carbocycles. The molecule has 0 N–H and O–H groups in total. The van der Waals surface area contributed by atoms with Gasteiger partial charge in [-0.3, -0.25) is 0 Å². The van der Waals surface area contributed by atoms with Crippen LogP contribution in [0.5, 0.6) is 0 Å². The van der Waals surface area contributed by atoms with Gasteiger partial charge in [0, 0.05) is 0 Å². The van der Waals surface area contributed by atoms with Crippen LogP contribution in [0.4, 0.5) is 0 Å². The van der Waals surface area contributed by atoms with Crippen molar-refractivity contribution in [2.24, 2.45) is 0 Å². The number of hydrogen-bond acceptors (Lipinski definition) is 2. The van der Waals surface area contributed by atoms with Gasteiger partial charge in [-0.1, -0.05) is 4.57 Å². The fraction of sp³-hybridized carbons (Fsp3) is 1.00. The molecule has 0 aliphatic heterocycles. The normalized spacial score (nSPS) is 11.2. The van der Waals surface area contributed by atoms with E-state index in [4.69, 9.17) is 0 Å². The first-order valence-electron chi connectivity index (χ1n) is 1.26. The largest absolute Gasteiger partial charge is 0.345 e. The van der Waals surface area contributed by atoms with Gasteiger partial charge < -0.3 is 0 Å². The number of rotatable bonds is 1. The van der Waals surface area contributed by atoms with Crippen LogP contribution in [-0.4, -0.2) is 12.2 Å². The van der Waals surface area contributed by atoms with Crippen LogP contribution in [0.15, 0.2) is 0 Å². The maximum Gasteiger partial charge on any atom is 0.345 e. The fourth-order valence-corrected chi connectivity index (χ4v) is 0. The highest BCUT2D eigenvalue weighted by Gasteiger charge is 1.94. The predicted octanol–water partition coefficient (Wildman–Crippen LogP) is 1.33. The van der Waals surface area contributed by atoms with E-state index in [9.17, 15) is 4.57 Å². The molecule has 0 radical (unpaired) electrons. The Hall–Kier alpha value is 0.450. The SMILES string of the molecule is C[P+](=O)CS. The van der Waals surface area contributed by atoms with Crippen molar-refractivity contribution in [3.63, 3.8) is 0 Å². The summed E-state index contributed by atoms with van der Waals surface area (Å²) in [5.74, 6) is 0. The topological polar surface area (TPSA) is 17.1 Å². The lowest BCUT2D eigenvalue weighted by molar-refractivity contribution is 0.594. The number of thiol groups is 1. The molecule has 0 aliphatic carbocycles. The third kappa shape index (κ3) is 4.45. The molecule has 1 unspecified atom stereocenters. The third-order valence-electron chi connectivity index (χ3n) is 0.199.